The first-order valence-electron chi connectivity index (χ1n) is 8.27. The second-order valence-corrected chi connectivity index (χ2v) is 7.09. The molecule has 6 heteroatoms. The Bertz CT molecular complexity index is 906. The van der Waals surface area contributed by atoms with Gasteiger partial charge in [0.05, 0.1) is 18.4 Å². The fourth-order valence-electron chi connectivity index (χ4n) is 2.57. The van der Waals surface area contributed by atoms with Crippen LogP contribution in [0.4, 0.5) is 13.2 Å². The first-order valence-corrected chi connectivity index (χ1v) is 9.25. The van der Waals surface area contributed by atoms with Gasteiger partial charge in [-0.1, -0.05) is 24.3 Å². The van der Waals surface area contributed by atoms with Gasteiger partial charge in [-0.05, 0) is 48.4 Å². The molecule has 140 valence electrons. The zero-order valence-electron chi connectivity index (χ0n) is 14.9. The summed E-state index contributed by atoms with van der Waals surface area (Å²) in [5.74, 6) is 1.56. The molecule has 0 unspecified atom stereocenters. The quantitative estimate of drug-likeness (QED) is 0.473. The molecule has 0 aliphatic carbocycles. The highest BCUT2D eigenvalue weighted by Crippen LogP contribution is 2.33. The van der Waals surface area contributed by atoms with Gasteiger partial charge in [-0.25, -0.2) is 0 Å². The summed E-state index contributed by atoms with van der Waals surface area (Å²) < 4.78 is 43.3. The lowest BCUT2D eigenvalue weighted by Crippen LogP contribution is -2.04. The van der Waals surface area contributed by atoms with E-state index >= 15 is 0 Å². The van der Waals surface area contributed by atoms with Crippen LogP contribution in [0.2, 0.25) is 0 Å². The zero-order valence-corrected chi connectivity index (χ0v) is 15.7. The minimum atomic E-state index is -4.33. The number of hydrogen-bond acceptors (Lipinski definition) is 3. The Balaban J connectivity index is 1.70. The monoisotopic (exact) mass is 389 g/mol. The van der Waals surface area contributed by atoms with Gasteiger partial charge >= 0.3 is 6.18 Å². The molecule has 0 spiro atoms. The Hall–Kier alpha value is -2.47. The van der Waals surface area contributed by atoms with Crippen molar-refractivity contribution in [2.24, 2.45) is 0 Å². The van der Waals surface area contributed by atoms with E-state index in [1.807, 2.05) is 31.2 Å². The molecule has 0 N–H and O–H groups in total. The van der Waals surface area contributed by atoms with Crippen molar-refractivity contribution in [1.29, 1.82) is 0 Å². The van der Waals surface area contributed by atoms with E-state index in [2.05, 4.69) is 11.1 Å². The first-order chi connectivity index (χ1) is 12.9. The van der Waals surface area contributed by atoms with Crippen LogP contribution in [-0.4, -0.2) is 12.1 Å². The molecular weight excluding hydrogens is 371 g/mol. The van der Waals surface area contributed by atoms with Crippen molar-refractivity contribution in [2.45, 2.75) is 23.7 Å². The van der Waals surface area contributed by atoms with Gasteiger partial charge < -0.3 is 4.74 Å². The van der Waals surface area contributed by atoms with Crippen molar-refractivity contribution in [3.8, 4) is 17.0 Å². The summed E-state index contributed by atoms with van der Waals surface area (Å²) in [5, 5.41) is 0. The number of thioether (sulfide) groups is 1. The normalized spacial score (nSPS) is 11.4. The Labute approximate surface area is 160 Å². The minimum Gasteiger partial charge on any atom is -0.496 e. The van der Waals surface area contributed by atoms with E-state index in [0.717, 1.165) is 39.7 Å². The predicted molar refractivity (Wildman–Crippen MR) is 102 cm³/mol. The number of ether oxygens (including phenoxy) is 1. The molecular formula is C21H18F3NOS. The third kappa shape index (κ3) is 4.83. The maximum atomic E-state index is 12.7. The molecule has 0 bridgehead atoms. The van der Waals surface area contributed by atoms with Gasteiger partial charge in [0, 0.05) is 22.4 Å². The van der Waals surface area contributed by atoms with Gasteiger partial charge in [-0.2, -0.15) is 13.2 Å². The molecule has 0 saturated carbocycles. The van der Waals surface area contributed by atoms with Crippen molar-refractivity contribution < 1.29 is 17.9 Å². The van der Waals surface area contributed by atoms with Crippen molar-refractivity contribution in [3.63, 3.8) is 0 Å². The van der Waals surface area contributed by atoms with Crippen molar-refractivity contribution in [2.75, 3.05) is 7.11 Å². The van der Waals surface area contributed by atoms with Crippen molar-refractivity contribution in [3.05, 3.63) is 77.5 Å². The number of aryl methyl sites for hydroxylation is 1. The largest absolute Gasteiger partial charge is 0.496 e. The first kappa shape index (κ1) is 19.3. The summed E-state index contributed by atoms with van der Waals surface area (Å²) in [6.45, 7) is 2.03. The number of nitrogens with zero attached hydrogens (tertiary/aromatic N) is 1. The standard InChI is InChI=1S/C21H18F3NOS/c1-14-3-10-19(26-2)20(11-14)27-13-15-4-9-18(25-12-15)16-5-7-17(8-6-16)21(22,23)24/h3-12H,13H2,1-2H3. The van der Waals surface area contributed by atoms with Crippen LogP contribution < -0.4 is 4.74 Å². The molecule has 1 aromatic heterocycles. The maximum absolute atomic E-state index is 12.7. The summed E-state index contributed by atoms with van der Waals surface area (Å²) >= 11 is 1.66. The van der Waals surface area contributed by atoms with Gasteiger partial charge in [0.1, 0.15) is 5.75 Å². The molecule has 2 aromatic carbocycles. The van der Waals surface area contributed by atoms with E-state index in [1.54, 1.807) is 25.1 Å². The van der Waals surface area contributed by atoms with E-state index in [9.17, 15) is 13.2 Å². The number of methoxy groups -OCH3 is 1. The molecule has 0 atom stereocenters. The van der Waals surface area contributed by atoms with Crippen LogP contribution in [0.5, 0.6) is 5.75 Å². The fraction of sp³-hybridized carbons (Fsp3) is 0.190. The number of hydrogen-bond donors (Lipinski definition) is 0. The SMILES string of the molecule is COc1ccc(C)cc1SCc1ccc(-c2ccc(C(F)(F)F)cc2)nc1. The van der Waals surface area contributed by atoms with Crippen molar-refractivity contribution >= 4 is 11.8 Å². The summed E-state index contributed by atoms with van der Waals surface area (Å²) in [7, 11) is 1.65. The second kappa shape index (κ2) is 8.05. The smallest absolute Gasteiger partial charge is 0.416 e. The Morgan fingerprint density at radius 1 is 1.00 bits per heavy atom. The Morgan fingerprint density at radius 3 is 2.33 bits per heavy atom. The second-order valence-electron chi connectivity index (χ2n) is 6.07. The number of alkyl halides is 3. The van der Waals surface area contributed by atoms with E-state index in [1.165, 1.54) is 12.1 Å². The molecule has 0 radical (unpaired) electrons. The Kier molecular flexibility index (Phi) is 5.75. The summed E-state index contributed by atoms with van der Waals surface area (Å²) in [6.07, 6.45) is -2.58. The molecule has 2 nitrogen and oxygen atoms in total. The van der Waals surface area contributed by atoms with E-state index in [-0.39, 0.29) is 0 Å². The van der Waals surface area contributed by atoms with Crippen LogP contribution in [-0.2, 0) is 11.9 Å². The topological polar surface area (TPSA) is 22.1 Å². The number of pyridine rings is 1. The lowest BCUT2D eigenvalue weighted by Gasteiger charge is -2.10. The van der Waals surface area contributed by atoms with Crippen molar-refractivity contribution in [1.82, 2.24) is 4.98 Å². The highest BCUT2D eigenvalue weighted by Gasteiger charge is 2.29. The molecule has 3 rings (SSSR count). The molecule has 0 amide bonds. The van der Waals surface area contributed by atoms with Gasteiger partial charge in [0.25, 0.3) is 0 Å². The van der Waals surface area contributed by atoms with Crippen LogP contribution in [0.25, 0.3) is 11.3 Å². The molecule has 0 aliphatic heterocycles. The summed E-state index contributed by atoms with van der Waals surface area (Å²) in [4.78, 5) is 5.45. The number of rotatable bonds is 5. The van der Waals surface area contributed by atoms with Crippen LogP contribution in [0.1, 0.15) is 16.7 Å². The zero-order chi connectivity index (χ0) is 19.4. The van der Waals surface area contributed by atoms with E-state index in [4.69, 9.17) is 4.74 Å². The third-order valence-electron chi connectivity index (χ3n) is 4.05. The average Bonchev–Trinajstić information content (AvgIpc) is 2.66. The van der Waals surface area contributed by atoms with Crippen LogP contribution in [0.3, 0.4) is 0 Å². The average molecular weight is 389 g/mol. The highest BCUT2D eigenvalue weighted by atomic mass is 32.2. The highest BCUT2D eigenvalue weighted by molar-refractivity contribution is 7.98. The molecule has 0 fully saturated rings. The lowest BCUT2D eigenvalue weighted by molar-refractivity contribution is -0.137. The number of aromatic nitrogens is 1. The predicted octanol–water partition coefficient (Wildman–Crippen LogP) is 6.38. The molecule has 3 aromatic rings. The fourth-order valence-corrected chi connectivity index (χ4v) is 3.62. The van der Waals surface area contributed by atoms with Gasteiger partial charge in [0.2, 0.25) is 0 Å². The third-order valence-corrected chi connectivity index (χ3v) is 5.15. The molecule has 0 saturated heterocycles. The van der Waals surface area contributed by atoms with Crippen LogP contribution >= 0.6 is 11.8 Å². The number of halogens is 3. The van der Waals surface area contributed by atoms with Crippen LogP contribution in [0.15, 0.2) is 65.7 Å². The minimum absolute atomic E-state index is 0.644. The van der Waals surface area contributed by atoms with Gasteiger partial charge in [0.15, 0.2) is 0 Å². The molecule has 27 heavy (non-hydrogen) atoms. The van der Waals surface area contributed by atoms with Gasteiger partial charge in [-0.3, -0.25) is 4.98 Å². The number of benzene rings is 2. The van der Waals surface area contributed by atoms with Crippen LogP contribution in [0, 0.1) is 6.92 Å². The molecule has 1 heterocycles. The maximum Gasteiger partial charge on any atom is 0.416 e. The summed E-state index contributed by atoms with van der Waals surface area (Å²) in [6, 6.07) is 14.8. The Morgan fingerprint density at radius 2 is 1.74 bits per heavy atom. The van der Waals surface area contributed by atoms with E-state index < -0.39 is 11.7 Å². The molecule has 0 aliphatic rings. The van der Waals surface area contributed by atoms with E-state index in [0.29, 0.717) is 11.3 Å². The van der Waals surface area contributed by atoms with Gasteiger partial charge in [-0.15, -0.1) is 11.8 Å². The lowest BCUT2D eigenvalue weighted by atomic mass is 10.1. The summed E-state index contributed by atoms with van der Waals surface area (Å²) in [5.41, 5.74) is 2.83.